The molecule has 2 aromatic heterocycles. The quantitative estimate of drug-likeness (QED) is 0.585. The first kappa shape index (κ1) is 22.6. The Morgan fingerprint density at radius 1 is 1.19 bits per heavy atom. The van der Waals surface area contributed by atoms with Gasteiger partial charge in [-0.2, -0.15) is 14.4 Å². The maximum absolute atomic E-state index is 13.0. The molecule has 11 heteroatoms. The van der Waals surface area contributed by atoms with E-state index in [1.165, 1.54) is 22.8 Å². The van der Waals surface area contributed by atoms with Gasteiger partial charge >= 0.3 is 0 Å². The van der Waals surface area contributed by atoms with E-state index in [0.29, 0.717) is 31.0 Å². The third-order valence-corrected chi connectivity index (χ3v) is 8.12. The van der Waals surface area contributed by atoms with E-state index in [1.807, 2.05) is 13.8 Å². The van der Waals surface area contributed by atoms with Crippen LogP contribution in [-0.2, 0) is 21.2 Å². The molecule has 1 saturated heterocycles. The average molecular weight is 477 g/mol. The van der Waals surface area contributed by atoms with Crippen molar-refractivity contribution in [2.75, 3.05) is 18.4 Å². The van der Waals surface area contributed by atoms with Crippen LogP contribution in [0.2, 0.25) is 5.02 Å². The number of piperidine rings is 1. The number of halogens is 1. The highest BCUT2D eigenvalue weighted by Crippen LogP contribution is 2.29. The van der Waals surface area contributed by atoms with Crippen molar-refractivity contribution in [3.63, 3.8) is 0 Å². The van der Waals surface area contributed by atoms with Crippen LogP contribution in [0.15, 0.2) is 29.4 Å². The Kier molecular flexibility index (Phi) is 6.45. The number of carbonyl (C=O) groups is 1. The highest BCUT2D eigenvalue weighted by Gasteiger charge is 2.28. The van der Waals surface area contributed by atoms with E-state index in [-0.39, 0.29) is 22.2 Å². The van der Waals surface area contributed by atoms with Crippen LogP contribution in [0.1, 0.15) is 42.6 Å². The first-order valence-corrected chi connectivity index (χ1v) is 12.3. The maximum Gasteiger partial charge on any atom is 0.252 e. The zero-order chi connectivity index (χ0) is 22.9. The smallest absolute Gasteiger partial charge is 0.252 e. The number of carbonyl (C=O) groups excluding carboxylic acids is 1. The minimum atomic E-state index is -3.71. The van der Waals surface area contributed by atoms with Gasteiger partial charge < -0.3 is 5.32 Å². The normalized spacial score (nSPS) is 15.2. The number of benzene rings is 1. The Morgan fingerprint density at radius 3 is 2.69 bits per heavy atom. The van der Waals surface area contributed by atoms with Gasteiger partial charge in [-0.05, 0) is 56.9 Å². The van der Waals surface area contributed by atoms with E-state index < -0.39 is 10.0 Å². The van der Waals surface area contributed by atoms with Crippen LogP contribution in [0, 0.1) is 13.8 Å². The summed E-state index contributed by atoms with van der Waals surface area (Å²) in [7, 11) is -3.71. The molecule has 0 atom stereocenters. The topological polar surface area (TPSA) is 110 Å². The summed E-state index contributed by atoms with van der Waals surface area (Å²) in [6, 6.07) is 4.55. The van der Waals surface area contributed by atoms with Crippen molar-refractivity contribution < 1.29 is 13.2 Å². The number of sulfonamides is 1. The largest absolute Gasteiger partial charge is 0.326 e. The number of nitrogens with one attached hydrogen (secondary N) is 1. The summed E-state index contributed by atoms with van der Waals surface area (Å²) >= 11 is 6.21. The fraction of sp³-hybridized carbons (Fsp3) is 0.429. The van der Waals surface area contributed by atoms with Crippen LogP contribution in [0.3, 0.4) is 0 Å². The lowest BCUT2D eigenvalue weighted by molar-refractivity contribution is -0.116. The molecular formula is C21H25ClN6O3S. The molecule has 1 aromatic carbocycles. The van der Waals surface area contributed by atoms with E-state index >= 15 is 0 Å². The SMILES string of the molecule is Cc1nc2ncnn2c(C)c1CCC(=O)Nc1ccc(Cl)c(S(=O)(=O)N2CCCCC2)c1. The summed E-state index contributed by atoms with van der Waals surface area (Å²) in [6.45, 7) is 4.77. The molecule has 1 amide bonds. The Labute approximate surface area is 191 Å². The summed E-state index contributed by atoms with van der Waals surface area (Å²) in [4.78, 5) is 21.2. The third-order valence-electron chi connectivity index (χ3n) is 5.74. The number of nitrogens with zero attached hydrogens (tertiary/aromatic N) is 5. The summed E-state index contributed by atoms with van der Waals surface area (Å²) in [5.41, 5.74) is 3.02. The zero-order valence-corrected chi connectivity index (χ0v) is 19.6. The molecule has 0 bridgehead atoms. The van der Waals surface area contributed by atoms with Gasteiger partial charge in [-0.1, -0.05) is 18.0 Å². The molecule has 3 aromatic rings. The van der Waals surface area contributed by atoms with Gasteiger partial charge in [0.1, 0.15) is 11.2 Å². The van der Waals surface area contributed by atoms with Crippen molar-refractivity contribution in [2.45, 2.75) is 50.8 Å². The highest BCUT2D eigenvalue weighted by molar-refractivity contribution is 7.89. The minimum absolute atomic E-state index is 0.0198. The number of hydrogen-bond donors (Lipinski definition) is 1. The number of amides is 1. The van der Waals surface area contributed by atoms with Crippen molar-refractivity contribution in [1.29, 1.82) is 0 Å². The molecule has 0 saturated carbocycles. The van der Waals surface area contributed by atoms with Crippen LogP contribution in [0.4, 0.5) is 5.69 Å². The molecule has 1 N–H and O–H groups in total. The monoisotopic (exact) mass is 476 g/mol. The van der Waals surface area contributed by atoms with Crippen LogP contribution in [0.5, 0.6) is 0 Å². The Balaban J connectivity index is 1.48. The predicted molar refractivity (Wildman–Crippen MR) is 121 cm³/mol. The molecule has 170 valence electrons. The minimum Gasteiger partial charge on any atom is -0.326 e. The summed E-state index contributed by atoms with van der Waals surface area (Å²) in [5.74, 6) is 0.294. The van der Waals surface area contributed by atoms with Crippen molar-refractivity contribution in [1.82, 2.24) is 23.9 Å². The summed E-state index contributed by atoms with van der Waals surface area (Å²) in [6.07, 6.45) is 4.82. The van der Waals surface area contributed by atoms with Crippen molar-refractivity contribution in [3.8, 4) is 0 Å². The van der Waals surface area contributed by atoms with Crippen LogP contribution < -0.4 is 5.32 Å². The fourth-order valence-corrected chi connectivity index (χ4v) is 6.02. The number of aryl methyl sites for hydroxylation is 2. The van der Waals surface area contributed by atoms with Gasteiger partial charge in [0.25, 0.3) is 5.78 Å². The number of hydrogen-bond acceptors (Lipinski definition) is 6. The average Bonchev–Trinajstić information content (AvgIpc) is 3.24. The molecule has 0 aliphatic carbocycles. The van der Waals surface area contributed by atoms with Crippen LogP contribution >= 0.6 is 11.6 Å². The predicted octanol–water partition coefficient (Wildman–Crippen LogP) is 3.14. The van der Waals surface area contributed by atoms with Gasteiger partial charge in [-0.15, -0.1) is 0 Å². The van der Waals surface area contributed by atoms with E-state index in [1.54, 1.807) is 10.6 Å². The summed E-state index contributed by atoms with van der Waals surface area (Å²) in [5, 5.41) is 7.10. The number of rotatable bonds is 6. The Morgan fingerprint density at radius 2 is 1.94 bits per heavy atom. The lowest BCUT2D eigenvalue weighted by Gasteiger charge is -2.26. The maximum atomic E-state index is 13.0. The molecule has 0 spiro atoms. The molecule has 3 heterocycles. The van der Waals surface area contributed by atoms with Gasteiger partial charge in [0.2, 0.25) is 15.9 Å². The lowest BCUT2D eigenvalue weighted by Crippen LogP contribution is -2.35. The number of anilines is 1. The first-order chi connectivity index (χ1) is 15.3. The van der Waals surface area contributed by atoms with E-state index in [9.17, 15) is 13.2 Å². The van der Waals surface area contributed by atoms with E-state index in [4.69, 9.17) is 11.6 Å². The van der Waals surface area contributed by atoms with Crippen molar-refractivity contribution >= 4 is 39.0 Å². The standard InChI is InChI=1S/C21H25ClN6O3S/c1-14-17(15(2)28-21(25-14)23-13-24-28)7-9-20(29)26-16-6-8-18(22)19(12-16)32(30,31)27-10-4-3-5-11-27/h6,8,12-13H,3-5,7,9-11H2,1-2H3,(H,26,29). The second-order valence-electron chi connectivity index (χ2n) is 7.89. The molecular weight excluding hydrogens is 452 g/mol. The molecule has 1 aliphatic rings. The molecule has 0 radical (unpaired) electrons. The lowest BCUT2D eigenvalue weighted by atomic mass is 10.1. The van der Waals surface area contributed by atoms with Crippen molar-refractivity contribution in [3.05, 3.63) is 46.5 Å². The molecule has 1 fully saturated rings. The number of aromatic nitrogens is 4. The van der Waals surface area contributed by atoms with E-state index in [2.05, 4.69) is 20.4 Å². The second kappa shape index (κ2) is 9.13. The van der Waals surface area contributed by atoms with Gasteiger partial charge in [0.05, 0.1) is 5.02 Å². The summed E-state index contributed by atoms with van der Waals surface area (Å²) < 4.78 is 29.2. The Bertz CT molecular complexity index is 1270. The van der Waals surface area contributed by atoms with Crippen LogP contribution in [0.25, 0.3) is 5.78 Å². The molecule has 4 rings (SSSR count). The van der Waals surface area contributed by atoms with Gasteiger partial charge in [0.15, 0.2) is 0 Å². The Hall–Kier alpha value is -2.56. The fourth-order valence-electron chi connectivity index (χ4n) is 4.00. The molecule has 32 heavy (non-hydrogen) atoms. The molecule has 9 nitrogen and oxygen atoms in total. The van der Waals surface area contributed by atoms with Crippen molar-refractivity contribution in [2.24, 2.45) is 0 Å². The molecule has 0 unspecified atom stereocenters. The van der Waals surface area contributed by atoms with Gasteiger partial charge in [0, 0.05) is 36.6 Å². The zero-order valence-electron chi connectivity index (χ0n) is 18.0. The third kappa shape index (κ3) is 4.48. The van der Waals surface area contributed by atoms with E-state index in [0.717, 1.165) is 36.2 Å². The second-order valence-corrected chi connectivity index (χ2v) is 10.2. The highest BCUT2D eigenvalue weighted by atomic mass is 35.5. The molecule has 1 aliphatic heterocycles. The number of fused-ring (bicyclic) bond motifs is 1. The van der Waals surface area contributed by atoms with Crippen LogP contribution in [-0.4, -0.2) is 51.3 Å². The van der Waals surface area contributed by atoms with Gasteiger partial charge in [-0.25, -0.2) is 17.9 Å². The first-order valence-electron chi connectivity index (χ1n) is 10.5. The van der Waals surface area contributed by atoms with Gasteiger partial charge in [-0.3, -0.25) is 4.79 Å².